The van der Waals surface area contributed by atoms with Gasteiger partial charge in [0.1, 0.15) is 0 Å². The van der Waals surface area contributed by atoms with E-state index in [-0.39, 0.29) is 0 Å². The van der Waals surface area contributed by atoms with Crippen LogP contribution in [-0.4, -0.2) is 31.9 Å². The van der Waals surface area contributed by atoms with Gasteiger partial charge < -0.3 is 4.74 Å². The fraction of sp³-hybridized carbons (Fsp3) is 1.00. The molecule has 82 valence electrons. The van der Waals surface area contributed by atoms with Crippen molar-refractivity contribution in [2.75, 3.05) is 14.2 Å². The van der Waals surface area contributed by atoms with Crippen LogP contribution in [0.3, 0.4) is 0 Å². The van der Waals surface area contributed by atoms with Crippen molar-refractivity contribution in [3.8, 4) is 0 Å². The van der Waals surface area contributed by atoms with Crippen LogP contribution < -0.4 is 0 Å². The average molecular weight is 233 g/mol. The molecule has 0 spiro atoms. The molecule has 0 aliphatic carbocycles. The van der Waals surface area contributed by atoms with Crippen molar-refractivity contribution < 1.29 is 31.1 Å². The van der Waals surface area contributed by atoms with E-state index >= 15 is 0 Å². The summed E-state index contributed by atoms with van der Waals surface area (Å²) in [6.45, 7) is 0. The Hall–Kier alpha value is -0.170. The number of hydrogen-bond acceptors (Lipinski definition) is 1. The van der Waals surface area contributed by atoms with E-state index in [0.717, 1.165) is 0 Å². The van der Waals surface area contributed by atoms with Crippen molar-refractivity contribution in [2.24, 2.45) is 0 Å². The first-order valence-electron chi connectivity index (χ1n) is 2.75. The third-order valence-corrected chi connectivity index (χ3v) is 1.07. The second-order valence-corrected chi connectivity index (χ2v) is 2.29. The molecule has 1 nitrogen and oxygen atoms in total. The van der Waals surface area contributed by atoms with Gasteiger partial charge in [0.2, 0.25) is 5.38 Å². The minimum atomic E-state index is -5.42. The summed E-state index contributed by atoms with van der Waals surface area (Å²) in [5.41, 5.74) is 0. The predicted molar refractivity (Wildman–Crippen MR) is 34.7 cm³/mol. The van der Waals surface area contributed by atoms with Crippen molar-refractivity contribution in [3.63, 3.8) is 0 Å². The van der Waals surface area contributed by atoms with Crippen molar-refractivity contribution >= 4 is 11.6 Å². The SMILES string of the molecule is COC.FC(F)(F)C(Cl)C(F)(F)F. The van der Waals surface area contributed by atoms with Gasteiger partial charge in [0.25, 0.3) is 0 Å². The molecule has 0 aliphatic heterocycles. The van der Waals surface area contributed by atoms with E-state index in [4.69, 9.17) is 0 Å². The molecule has 0 rings (SSSR count). The van der Waals surface area contributed by atoms with Crippen LogP contribution in [0, 0.1) is 0 Å². The van der Waals surface area contributed by atoms with Crippen LogP contribution in [0.15, 0.2) is 0 Å². The molecule has 0 aromatic heterocycles. The fourth-order valence-corrected chi connectivity index (χ4v) is 0.186. The first-order chi connectivity index (χ1) is 5.57. The third-order valence-electron chi connectivity index (χ3n) is 0.575. The second-order valence-electron chi connectivity index (χ2n) is 1.85. The Kier molecular flexibility index (Phi) is 6.52. The highest BCUT2D eigenvalue weighted by molar-refractivity contribution is 6.21. The quantitative estimate of drug-likeness (QED) is 0.461. The molecule has 8 heteroatoms. The summed E-state index contributed by atoms with van der Waals surface area (Å²) in [7, 11) is 3.25. The lowest BCUT2D eigenvalue weighted by molar-refractivity contribution is -0.226. The first kappa shape index (κ1) is 15.3. The standard InChI is InChI=1S/C3HClF6.C2H6O/c4-1(2(5,6)7)3(8,9)10;1-3-2/h1H;1-2H3. The van der Waals surface area contributed by atoms with Crippen molar-refractivity contribution in [1.29, 1.82) is 0 Å². The Morgan fingerprint density at radius 2 is 1.08 bits per heavy atom. The average Bonchev–Trinajstić information content (AvgIpc) is 1.84. The molecule has 0 radical (unpaired) electrons. The number of alkyl halides is 7. The lowest BCUT2D eigenvalue weighted by Gasteiger charge is -2.15. The lowest BCUT2D eigenvalue weighted by Crippen LogP contribution is -2.37. The Morgan fingerprint density at radius 3 is 1.08 bits per heavy atom. The molecule has 0 aliphatic rings. The van der Waals surface area contributed by atoms with Gasteiger partial charge in [-0.3, -0.25) is 0 Å². The number of hydrogen-bond donors (Lipinski definition) is 0. The highest BCUT2D eigenvalue weighted by Crippen LogP contribution is 2.37. The smallest absolute Gasteiger partial charge is 0.388 e. The molecule has 0 heterocycles. The zero-order valence-electron chi connectivity index (χ0n) is 6.63. The normalized spacial score (nSPS) is 12.5. The molecule has 0 atom stereocenters. The summed E-state index contributed by atoms with van der Waals surface area (Å²) in [6.07, 6.45) is -10.8. The van der Waals surface area contributed by atoms with Gasteiger partial charge in [-0.15, -0.1) is 11.6 Å². The molecule has 13 heavy (non-hydrogen) atoms. The largest absolute Gasteiger partial charge is 0.413 e. The summed E-state index contributed by atoms with van der Waals surface area (Å²) in [5, 5.41) is -3.76. The van der Waals surface area contributed by atoms with E-state index in [1.165, 1.54) is 0 Å². The van der Waals surface area contributed by atoms with Crippen LogP contribution in [0.2, 0.25) is 0 Å². The van der Waals surface area contributed by atoms with Gasteiger partial charge >= 0.3 is 12.4 Å². The summed E-state index contributed by atoms with van der Waals surface area (Å²) in [4.78, 5) is 0. The van der Waals surface area contributed by atoms with Crippen molar-refractivity contribution in [3.05, 3.63) is 0 Å². The topological polar surface area (TPSA) is 9.23 Å². The maximum atomic E-state index is 11.1. The van der Waals surface area contributed by atoms with Gasteiger partial charge in [-0.05, 0) is 0 Å². The predicted octanol–water partition coefficient (Wildman–Crippen LogP) is 2.98. The molecule has 0 saturated heterocycles. The minimum absolute atomic E-state index is 1.62. The summed E-state index contributed by atoms with van der Waals surface area (Å²) in [6, 6.07) is 0. The van der Waals surface area contributed by atoms with E-state index in [2.05, 4.69) is 16.3 Å². The number of methoxy groups -OCH3 is 1. The van der Waals surface area contributed by atoms with Crippen molar-refractivity contribution in [2.45, 2.75) is 17.7 Å². The maximum absolute atomic E-state index is 11.1. The van der Waals surface area contributed by atoms with E-state index < -0.39 is 17.7 Å². The number of rotatable bonds is 0. The van der Waals surface area contributed by atoms with Crippen LogP contribution in [0.25, 0.3) is 0 Å². The van der Waals surface area contributed by atoms with Crippen LogP contribution in [0.4, 0.5) is 26.3 Å². The van der Waals surface area contributed by atoms with E-state index in [0.29, 0.717) is 0 Å². The molecule has 0 amide bonds. The lowest BCUT2D eigenvalue weighted by atomic mass is 10.4. The molecule has 0 unspecified atom stereocenters. The Labute approximate surface area is 75.6 Å². The fourth-order valence-electron chi connectivity index (χ4n) is 0.186. The highest BCUT2D eigenvalue weighted by Gasteiger charge is 2.55. The van der Waals surface area contributed by atoms with E-state index in [1.54, 1.807) is 14.2 Å². The Balaban J connectivity index is 0. The van der Waals surface area contributed by atoms with Crippen LogP contribution in [0.5, 0.6) is 0 Å². The molecule has 0 fully saturated rings. The monoisotopic (exact) mass is 232 g/mol. The summed E-state index contributed by atoms with van der Waals surface area (Å²) >= 11 is 3.98. The minimum Gasteiger partial charge on any atom is -0.388 e. The summed E-state index contributed by atoms with van der Waals surface area (Å²) in [5.74, 6) is 0. The van der Waals surface area contributed by atoms with E-state index in [9.17, 15) is 26.3 Å². The van der Waals surface area contributed by atoms with Crippen molar-refractivity contribution in [1.82, 2.24) is 0 Å². The third kappa shape index (κ3) is 8.17. The molecule has 0 saturated carbocycles. The Morgan fingerprint density at radius 1 is 0.923 bits per heavy atom. The van der Waals surface area contributed by atoms with E-state index in [1.807, 2.05) is 0 Å². The van der Waals surface area contributed by atoms with Gasteiger partial charge in [-0.2, -0.15) is 26.3 Å². The summed E-state index contributed by atoms with van der Waals surface area (Å²) < 4.78 is 70.8. The van der Waals surface area contributed by atoms with Gasteiger partial charge in [0.05, 0.1) is 0 Å². The molecule has 0 N–H and O–H groups in total. The molecule has 0 bridgehead atoms. The zero-order valence-corrected chi connectivity index (χ0v) is 7.39. The van der Waals surface area contributed by atoms with Crippen LogP contribution >= 0.6 is 11.6 Å². The van der Waals surface area contributed by atoms with Gasteiger partial charge in [-0.1, -0.05) is 0 Å². The molecule has 0 aromatic carbocycles. The molecular formula is C5H7ClF6O. The van der Waals surface area contributed by atoms with Crippen LogP contribution in [-0.2, 0) is 4.74 Å². The van der Waals surface area contributed by atoms with Gasteiger partial charge in [-0.25, -0.2) is 0 Å². The second kappa shape index (κ2) is 5.54. The van der Waals surface area contributed by atoms with Crippen LogP contribution in [0.1, 0.15) is 0 Å². The zero-order chi connectivity index (χ0) is 11.3. The molecular weight excluding hydrogens is 225 g/mol. The maximum Gasteiger partial charge on any atom is 0.413 e. The van der Waals surface area contributed by atoms with Gasteiger partial charge in [0, 0.05) is 14.2 Å². The Bertz CT molecular complexity index is 116. The molecule has 0 aromatic rings. The first-order valence-corrected chi connectivity index (χ1v) is 3.18. The number of halogens is 7. The number of ether oxygens (including phenoxy) is 1. The van der Waals surface area contributed by atoms with Gasteiger partial charge in [0.15, 0.2) is 0 Å². The highest BCUT2D eigenvalue weighted by atomic mass is 35.5.